The molecular weight excluding hydrogens is 438 g/mol. The molecule has 0 bridgehead atoms. The number of carbonyl (C=O) groups is 3. The summed E-state index contributed by atoms with van der Waals surface area (Å²) in [6.45, 7) is 1.14. The van der Waals surface area contributed by atoms with Crippen molar-refractivity contribution in [2.75, 3.05) is 16.3 Å². The third-order valence-corrected chi connectivity index (χ3v) is 8.34. The Morgan fingerprint density at radius 1 is 0.800 bits per heavy atom. The van der Waals surface area contributed by atoms with Crippen LogP contribution in [-0.4, -0.2) is 35.2 Å². The van der Waals surface area contributed by atoms with Crippen molar-refractivity contribution in [3.63, 3.8) is 0 Å². The first-order chi connectivity index (χ1) is 17.1. The Bertz CT molecular complexity index is 1360. The number of imide groups is 1. The quantitative estimate of drug-likeness (QED) is 0.556. The molecule has 3 amide bonds. The molecule has 1 spiro atoms. The highest BCUT2D eigenvalue weighted by molar-refractivity contribution is 6.26. The first kappa shape index (κ1) is 20.6. The summed E-state index contributed by atoms with van der Waals surface area (Å²) in [6.07, 6.45) is 1.73. The van der Waals surface area contributed by atoms with Crippen molar-refractivity contribution in [3.8, 4) is 0 Å². The van der Waals surface area contributed by atoms with Crippen molar-refractivity contribution in [2.24, 2.45) is 11.8 Å². The molecule has 4 aliphatic heterocycles. The highest BCUT2D eigenvalue weighted by atomic mass is 16.2. The maximum absolute atomic E-state index is 14.6. The maximum Gasteiger partial charge on any atom is 0.253 e. The van der Waals surface area contributed by atoms with Crippen LogP contribution < -0.4 is 9.80 Å². The minimum Gasteiger partial charge on any atom is -0.306 e. The Balaban J connectivity index is 1.41. The number of rotatable bonds is 3. The minimum atomic E-state index is -1.15. The van der Waals surface area contributed by atoms with E-state index in [1.165, 1.54) is 4.90 Å². The lowest BCUT2D eigenvalue weighted by molar-refractivity contribution is -0.137. The van der Waals surface area contributed by atoms with Crippen LogP contribution in [0.15, 0.2) is 84.9 Å². The average Bonchev–Trinajstić information content (AvgIpc) is 3.59. The first-order valence-electron chi connectivity index (χ1n) is 12.3. The highest BCUT2D eigenvalue weighted by Crippen LogP contribution is 2.62. The molecule has 3 saturated heterocycles. The third-order valence-electron chi connectivity index (χ3n) is 8.34. The second kappa shape index (κ2) is 7.36. The van der Waals surface area contributed by atoms with E-state index in [1.54, 1.807) is 12.1 Å². The third kappa shape index (κ3) is 2.55. The van der Waals surface area contributed by atoms with Gasteiger partial charge in [0, 0.05) is 17.3 Å². The first-order valence-corrected chi connectivity index (χ1v) is 12.3. The van der Waals surface area contributed by atoms with Crippen molar-refractivity contribution >= 4 is 29.1 Å². The van der Waals surface area contributed by atoms with E-state index < -0.39 is 17.4 Å². The molecule has 4 atom stereocenters. The van der Waals surface area contributed by atoms with Gasteiger partial charge in [0.25, 0.3) is 5.91 Å². The van der Waals surface area contributed by atoms with E-state index in [0.29, 0.717) is 18.8 Å². The van der Waals surface area contributed by atoms with E-state index in [9.17, 15) is 14.4 Å². The summed E-state index contributed by atoms with van der Waals surface area (Å²) >= 11 is 0. The van der Waals surface area contributed by atoms with E-state index in [0.717, 1.165) is 29.7 Å². The number of para-hydroxylation sites is 2. The summed E-state index contributed by atoms with van der Waals surface area (Å²) < 4.78 is 0. The molecule has 6 nitrogen and oxygen atoms in total. The van der Waals surface area contributed by atoms with Crippen LogP contribution in [0.25, 0.3) is 0 Å². The normalized spacial score (nSPS) is 29.3. The molecule has 3 aromatic carbocycles. The zero-order valence-electron chi connectivity index (χ0n) is 19.2. The zero-order chi connectivity index (χ0) is 23.7. The van der Waals surface area contributed by atoms with Crippen LogP contribution in [0.1, 0.15) is 24.0 Å². The standard InChI is InChI=1S/C29H25N3O3/c33-26-24-23-16-9-17-31(23)29(25(24)27(34)32(26)20-12-5-2-6-13-20)21-14-7-8-15-22(21)30(28(29)35)18-19-10-3-1-4-11-19/h1-8,10-15,23-25H,9,16-18H2. The molecule has 0 aromatic heterocycles. The van der Waals surface area contributed by atoms with Crippen molar-refractivity contribution < 1.29 is 14.4 Å². The van der Waals surface area contributed by atoms with Crippen molar-refractivity contribution in [1.29, 1.82) is 0 Å². The lowest BCUT2D eigenvalue weighted by Gasteiger charge is -2.37. The van der Waals surface area contributed by atoms with Crippen LogP contribution in [0.4, 0.5) is 11.4 Å². The Labute approximate surface area is 203 Å². The molecule has 0 aliphatic carbocycles. The molecule has 4 aliphatic rings. The van der Waals surface area contributed by atoms with Crippen LogP contribution in [0.3, 0.4) is 0 Å². The fourth-order valence-electron chi connectivity index (χ4n) is 7.09. The monoisotopic (exact) mass is 463 g/mol. The van der Waals surface area contributed by atoms with Gasteiger partial charge in [-0.05, 0) is 43.1 Å². The van der Waals surface area contributed by atoms with Crippen LogP contribution in [0.2, 0.25) is 0 Å². The second-order valence-electron chi connectivity index (χ2n) is 9.91. The van der Waals surface area contributed by atoms with Crippen molar-refractivity contribution in [1.82, 2.24) is 4.90 Å². The Kier molecular flexibility index (Phi) is 4.33. The van der Waals surface area contributed by atoms with Gasteiger partial charge in [0.15, 0.2) is 0 Å². The zero-order valence-corrected chi connectivity index (χ0v) is 19.2. The van der Waals surface area contributed by atoms with Crippen LogP contribution in [0.5, 0.6) is 0 Å². The van der Waals surface area contributed by atoms with E-state index in [4.69, 9.17) is 0 Å². The summed E-state index contributed by atoms with van der Waals surface area (Å²) in [6, 6.07) is 26.8. The van der Waals surface area contributed by atoms with Gasteiger partial charge in [-0.1, -0.05) is 66.7 Å². The average molecular weight is 464 g/mol. The largest absolute Gasteiger partial charge is 0.306 e. The van der Waals surface area contributed by atoms with Crippen LogP contribution in [0, 0.1) is 11.8 Å². The van der Waals surface area contributed by atoms with Gasteiger partial charge in [0.05, 0.1) is 24.1 Å². The minimum absolute atomic E-state index is 0.0852. The number of hydrogen-bond acceptors (Lipinski definition) is 4. The number of carbonyl (C=O) groups excluding carboxylic acids is 3. The Morgan fingerprint density at radius 2 is 1.49 bits per heavy atom. The van der Waals surface area contributed by atoms with Gasteiger partial charge in [-0.3, -0.25) is 19.3 Å². The fourth-order valence-corrected chi connectivity index (χ4v) is 7.09. The number of amides is 3. The van der Waals surface area contributed by atoms with Crippen LogP contribution >= 0.6 is 0 Å². The molecule has 35 heavy (non-hydrogen) atoms. The number of hydrogen-bond donors (Lipinski definition) is 0. The molecule has 0 N–H and O–H groups in total. The van der Waals surface area contributed by atoms with Gasteiger partial charge in [-0.25, -0.2) is 4.90 Å². The molecule has 0 radical (unpaired) electrons. The van der Waals surface area contributed by atoms with E-state index >= 15 is 0 Å². The summed E-state index contributed by atoms with van der Waals surface area (Å²) in [4.78, 5) is 47.9. The fraction of sp³-hybridized carbons (Fsp3) is 0.276. The predicted molar refractivity (Wildman–Crippen MR) is 131 cm³/mol. The van der Waals surface area contributed by atoms with Gasteiger partial charge < -0.3 is 4.90 Å². The van der Waals surface area contributed by atoms with Gasteiger partial charge in [0.2, 0.25) is 11.8 Å². The van der Waals surface area contributed by atoms with Gasteiger partial charge in [0.1, 0.15) is 5.54 Å². The molecule has 4 heterocycles. The number of anilines is 2. The van der Waals surface area contributed by atoms with Gasteiger partial charge >= 0.3 is 0 Å². The predicted octanol–water partition coefficient (Wildman–Crippen LogP) is 3.71. The van der Waals surface area contributed by atoms with Gasteiger partial charge in [-0.2, -0.15) is 0 Å². The summed E-state index contributed by atoms with van der Waals surface area (Å²) in [7, 11) is 0. The highest BCUT2D eigenvalue weighted by Gasteiger charge is 2.75. The van der Waals surface area contributed by atoms with E-state index in [1.807, 2.05) is 77.7 Å². The SMILES string of the molecule is O=C1C2C3CCCN3C3(C(=O)N(Cc4ccccc4)c4ccccc43)C2C(=O)N1c1ccccc1. The summed E-state index contributed by atoms with van der Waals surface area (Å²) in [5.74, 6) is -1.76. The van der Waals surface area contributed by atoms with Gasteiger partial charge in [-0.15, -0.1) is 0 Å². The number of fused-ring (bicyclic) bond motifs is 7. The van der Waals surface area contributed by atoms with E-state index in [2.05, 4.69) is 4.90 Å². The molecule has 4 unspecified atom stereocenters. The molecule has 3 fully saturated rings. The molecule has 0 saturated carbocycles. The number of benzene rings is 3. The second-order valence-corrected chi connectivity index (χ2v) is 9.91. The lowest BCUT2D eigenvalue weighted by Crippen LogP contribution is -2.55. The van der Waals surface area contributed by atoms with E-state index in [-0.39, 0.29) is 23.8 Å². The lowest BCUT2D eigenvalue weighted by atomic mass is 9.75. The van der Waals surface area contributed by atoms with Crippen molar-refractivity contribution in [3.05, 3.63) is 96.1 Å². The summed E-state index contributed by atoms with van der Waals surface area (Å²) in [5.41, 5.74) is 2.16. The smallest absolute Gasteiger partial charge is 0.253 e. The number of nitrogens with zero attached hydrogens (tertiary/aromatic N) is 3. The molecule has 3 aromatic rings. The maximum atomic E-state index is 14.6. The Morgan fingerprint density at radius 3 is 2.26 bits per heavy atom. The topological polar surface area (TPSA) is 60.9 Å². The van der Waals surface area contributed by atoms with Crippen LogP contribution in [-0.2, 0) is 26.5 Å². The molecule has 7 rings (SSSR count). The summed E-state index contributed by atoms with van der Waals surface area (Å²) in [5, 5.41) is 0. The molecular formula is C29H25N3O3. The molecule has 6 heteroatoms. The molecule has 174 valence electrons. The Hall–Kier alpha value is -3.77. The van der Waals surface area contributed by atoms with Crippen molar-refractivity contribution in [2.45, 2.75) is 31.0 Å².